The molecule has 2 N–H and O–H groups in total. The normalized spacial score (nSPS) is 10.6. The highest BCUT2D eigenvalue weighted by atomic mass is 35.5. The minimum atomic E-state index is 0.261. The molecule has 0 radical (unpaired) electrons. The summed E-state index contributed by atoms with van der Waals surface area (Å²) in [5.74, 6) is 0.261. The highest BCUT2D eigenvalue weighted by Crippen LogP contribution is 2.30. The van der Waals surface area contributed by atoms with Crippen LogP contribution in [-0.4, -0.2) is 14.8 Å². The molecule has 0 aliphatic rings. The Morgan fingerprint density at radius 2 is 2.07 bits per heavy atom. The van der Waals surface area contributed by atoms with Crippen LogP contribution in [-0.2, 0) is 7.05 Å². The van der Waals surface area contributed by atoms with Gasteiger partial charge in [-0.2, -0.15) is 5.10 Å². The van der Waals surface area contributed by atoms with Gasteiger partial charge in [0.1, 0.15) is 11.5 Å². The minimum Gasteiger partial charge on any atom is -0.382 e. The van der Waals surface area contributed by atoms with E-state index >= 15 is 0 Å². The zero-order valence-electron chi connectivity index (χ0n) is 7.91. The molecule has 0 bridgehead atoms. The van der Waals surface area contributed by atoms with Crippen LogP contribution in [0.15, 0.2) is 18.3 Å². The maximum Gasteiger partial charge on any atom is 0.143 e. The van der Waals surface area contributed by atoms with Crippen LogP contribution < -0.4 is 5.73 Å². The van der Waals surface area contributed by atoms with Crippen LogP contribution in [0.4, 0.5) is 5.82 Å². The Labute approximate surface area is 96.6 Å². The van der Waals surface area contributed by atoms with Crippen molar-refractivity contribution in [1.82, 2.24) is 14.8 Å². The summed E-state index contributed by atoms with van der Waals surface area (Å²) in [6.45, 7) is 0. The largest absolute Gasteiger partial charge is 0.382 e. The summed E-state index contributed by atoms with van der Waals surface area (Å²) in [5, 5.41) is 4.84. The fourth-order valence-corrected chi connectivity index (χ4v) is 1.72. The molecule has 0 fully saturated rings. The number of aryl methyl sites for hydroxylation is 1. The first-order valence-corrected chi connectivity index (χ1v) is 4.95. The van der Waals surface area contributed by atoms with Gasteiger partial charge >= 0.3 is 0 Å². The Morgan fingerprint density at radius 1 is 1.33 bits per heavy atom. The number of halogens is 2. The van der Waals surface area contributed by atoms with Crippen LogP contribution in [0, 0.1) is 0 Å². The quantitative estimate of drug-likeness (QED) is 0.836. The summed E-state index contributed by atoms with van der Waals surface area (Å²) >= 11 is 11.8. The summed E-state index contributed by atoms with van der Waals surface area (Å²) in [5.41, 5.74) is 6.99. The standard InChI is InChI=1S/C9H8Cl2N4/c1-15-7(2-3-13-15)8-5(10)4-6(11)9(12)14-8/h2-4H,1H3,(H2,12,14). The number of hydrogen-bond donors (Lipinski definition) is 1. The van der Waals surface area contributed by atoms with Crippen LogP contribution in [0.25, 0.3) is 11.4 Å². The molecule has 2 aromatic heterocycles. The number of nitrogens with two attached hydrogens (primary N) is 1. The second kappa shape index (κ2) is 3.72. The van der Waals surface area contributed by atoms with Crippen molar-refractivity contribution in [3.8, 4) is 11.4 Å². The fraction of sp³-hybridized carbons (Fsp3) is 0.111. The molecule has 78 valence electrons. The molecular formula is C9H8Cl2N4. The molecule has 2 aromatic rings. The van der Waals surface area contributed by atoms with E-state index in [0.717, 1.165) is 5.69 Å². The summed E-state index contributed by atoms with van der Waals surface area (Å²) < 4.78 is 1.67. The van der Waals surface area contributed by atoms with Gasteiger partial charge in [-0.05, 0) is 12.1 Å². The van der Waals surface area contributed by atoms with Crippen LogP contribution in [0.3, 0.4) is 0 Å². The summed E-state index contributed by atoms with van der Waals surface area (Å²) in [7, 11) is 1.80. The third kappa shape index (κ3) is 1.78. The smallest absolute Gasteiger partial charge is 0.143 e. The fourth-order valence-electron chi connectivity index (χ4n) is 1.27. The second-order valence-electron chi connectivity index (χ2n) is 3.03. The van der Waals surface area contributed by atoms with Crippen molar-refractivity contribution in [2.24, 2.45) is 7.05 Å². The first-order valence-electron chi connectivity index (χ1n) is 4.19. The monoisotopic (exact) mass is 242 g/mol. The average Bonchev–Trinajstić information content (AvgIpc) is 2.58. The van der Waals surface area contributed by atoms with Crippen molar-refractivity contribution >= 4 is 29.0 Å². The zero-order valence-corrected chi connectivity index (χ0v) is 9.42. The molecule has 6 heteroatoms. The Bertz CT molecular complexity index is 507. The van der Waals surface area contributed by atoms with Crippen molar-refractivity contribution in [3.05, 3.63) is 28.4 Å². The van der Waals surface area contributed by atoms with Gasteiger partial charge in [0.15, 0.2) is 0 Å². The lowest BCUT2D eigenvalue weighted by Gasteiger charge is -2.06. The minimum absolute atomic E-state index is 0.261. The van der Waals surface area contributed by atoms with Crippen molar-refractivity contribution in [2.75, 3.05) is 5.73 Å². The molecule has 0 saturated carbocycles. The molecule has 15 heavy (non-hydrogen) atoms. The van der Waals surface area contributed by atoms with Gasteiger partial charge in [0.05, 0.1) is 15.7 Å². The third-order valence-electron chi connectivity index (χ3n) is 2.02. The van der Waals surface area contributed by atoms with E-state index in [1.807, 2.05) is 6.07 Å². The van der Waals surface area contributed by atoms with Gasteiger partial charge in [0.2, 0.25) is 0 Å². The molecule has 2 rings (SSSR count). The molecular weight excluding hydrogens is 235 g/mol. The molecule has 4 nitrogen and oxygen atoms in total. The molecule has 0 amide bonds. The van der Waals surface area contributed by atoms with Gasteiger partial charge in [-0.15, -0.1) is 0 Å². The van der Waals surface area contributed by atoms with Crippen molar-refractivity contribution < 1.29 is 0 Å². The Kier molecular flexibility index (Phi) is 2.54. The SMILES string of the molecule is Cn1nccc1-c1nc(N)c(Cl)cc1Cl. The van der Waals surface area contributed by atoms with Crippen LogP contribution in [0.5, 0.6) is 0 Å². The van der Waals surface area contributed by atoms with E-state index in [0.29, 0.717) is 15.7 Å². The predicted molar refractivity (Wildman–Crippen MR) is 60.9 cm³/mol. The van der Waals surface area contributed by atoms with E-state index in [4.69, 9.17) is 28.9 Å². The van der Waals surface area contributed by atoms with Gasteiger partial charge in [0.25, 0.3) is 0 Å². The van der Waals surface area contributed by atoms with E-state index < -0.39 is 0 Å². The molecule has 0 unspecified atom stereocenters. The lowest BCUT2D eigenvalue weighted by Crippen LogP contribution is -1.99. The number of rotatable bonds is 1. The number of pyridine rings is 1. The third-order valence-corrected chi connectivity index (χ3v) is 2.61. The van der Waals surface area contributed by atoms with Gasteiger partial charge < -0.3 is 5.73 Å². The second-order valence-corrected chi connectivity index (χ2v) is 3.84. The molecule has 0 aliphatic heterocycles. The van der Waals surface area contributed by atoms with Crippen LogP contribution in [0.2, 0.25) is 10.0 Å². The average molecular weight is 243 g/mol. The van der Waals surface area contributed by atoms with Gasteiger partial charge in [-0.3, -0.25) is 4.68 Å². The predicted octanol–water partition coefficient (Wildman–Crippen LogP) is 2.37. The topological polar surface area (TPSA) is 56.7 Å². The maximum atomic E-state index is 6.02. The lowest BCUT2D eigenvalue weighted by atomic mass is 10.2. The van der Waals surface area contributed by atoms with Crippen molar-refractivity contribution in [1.29, 1.82) is 0 Å². The Morgan fingerprint density at radius 3 is 2.67 bits per heavy atom. The van der Waals surface area contributed by atoms with E-state index in [1.165, 1.54) is 0 Å². The number of anilines is 1. The molecule has 0 saturated heterocycles. The molecule has 0 atom stereocenters. The summed E-state index contributed by atoms with van der Waals surface area (Å²) in [4.78, 5) is 4.13. The van der Waals surface area contributed by atoms with Gasteiger partial charge in [0, 0.05) is 13.2 Å². The highest BCUT2D eigenvalue weighted by molar-refractivity contribution is 6.37. The van der Waals surface area contributed by atoms with Gasteiger partial charge in [-0.1, -0.05) is 23.2 Å². The Hall–Kier alpha value is -1.26. The summed E-state index contributed by atoms with van der Waals surface area (Å²) in [6.07, 6.45) is 1.66. The summed E-state index contributed by atoms with van der Waals surface area (Å²) in [6, 6.07) is 3.38. The first-order chi connectivity index (χ1) is 7.09. The lowest BCUT2D eigenvalue weighted by molar-refractivity contribution is 0.773. The van der Waals surface area contributed by atoms with E-state index in [2.05, 4.69) is 10.1 Å². The van der Waals surface area contributed by atoms with Crippen molar-refractivity contribution in [2.45, 2.75) is 0 Å². The maximum absolute atomic E-state index is 6.02. The number of nitrogens with zero attached hydrogens (tertiary/aromatic N) is 3. The van der Waals surface area contributed by atoms with Crippen LogP contribution >= 0.6 is 23.2 Å². The van der Waals surface area contributed by atoms with E-state index in [9.17, 15) is 0 Å². The van der Waals surface area contributed by atoms with Crippen molar-refractivity contribution in [3.63, 3.8) is 0 Å². The van der Waals surface area contributed by atoms with Crippen LogP contribution in [0.1, 0.15) is 0 Å². The van der Waals surface area contributed by atoms with E-state index in [-0.39, 0.29) is 5.82 Å². The van der Waals surface area contributed by atoms with E-state index in [1.54, 1.807) is 24.0 Å². The molecule has 0 spiro atoms. The number of nitrogen functional groups attached to an aromatic ring is 1. The van der Waals surface area contributed by atoms with Gasteiger partial charge in [-0.25, -0.2) is 4.98 Å². The zero-order chi connectivity index (χ0) is 11.0. The molecule has 2 heterocycles. The molecule has 0 aromatic carbocycles. The highest BCUT2D eigenvalue weighted by Gasteiger charge is 2.11. The Balaban J connectivity index is 2.64. The molecule has 0 aliphatic carbocycles. The first kappa shape index (κ1) is 10.3. The number of aromatic nitrogens is 3. The number of hydrogen-bond acceptors (Lipinski definition) is 3.